The Morgan fingerprint density at radius 1 is 0.605 bits per heavy atom. The number of likely N-dealkylation sites (tertiary alicyclic amines) is 1. The molecule has 1 saturated carbocycles. The van der Waals surface area contributed by atoms with Crippen molar-refractivity contribution in [2.75, 3.05) is 26.2 Å². The first-order chi connectivity index (χ1) is 41.0. The van der Waals surface area contributed by atoms with Crippen molar-refractivity contribution in [2.24, 2.45) is 0 Å². The number of carboxylic acid groups (broad SMARTS) is 1. The molecule has 22 heteroatoms. The van der Waals surface area contributed by atoms with Crippen LogP contribution in [0.2, 0.25) is 5.02 Å². The maximum atomic E-state index is 13.1. The summed E-state index contributed by atoms with van der Waals surface area (Å²) in [6, 6.07) is 26.5. The van der Waals surface area contributed by atoms with Gasteiger partial charge in [0.25, 0.3) is 17.5 Å². The highest BCUT2D eigenvalue weighted by Crippen LogP contribution is 2.34. The van der Waals surface area contributed by atoms with Crippen molar-refractivity contribution in [3.05, 3.63) is 148 Å². The first kappa shape index (κ1) is 63.9. The Morgan fingerprint density at radius 3 is 1.45 bits per heavy atom. The van der Waals surface area contributed by atoms with E-state index < -0.39 is 47.3 Å². The summed E-state index contributed by atoms with van der Waals surface area (Å²) in [6.07, 6.45) is 11.1. The Bertz CT molecular complexity index is 3930. The van der Waals surface area contributed by atoms with E-state index in [0.29, 0.717) is 51.0 Å². The van der Waals surface area contributed by atoms with Crippen LogP contribution >= 0.6 is 27.5 Å². The topological polar surface area (TPSA) is 248 Å². The lowest BCUT2D eigenvalue weighted by molar-refractivity contribution is -0.137. The van der Waals surface area contributed by atoms with Crippen molar-refractivity contribution in [3.8, 4) is 5.75 Å². The first-order valence-corrected chi connectivity index (χ1v) is 30.0. The van der Waals surface area contributed by atoms with E-state index in [9.17, 15) is 33.9 Å². The molecule has 1 aliphatic carbocycles. The minimum Gasteiger partial charge on any atom is -0.489 e. The number of esters is 1. The van der Waals surface area contributed by atoms with E-state index in [0.717, 1.165) is 64.9 Å². The van der Waals surface area contributed by atoms with Gasteiger partial charge in [0.05, 0.1) is 45.8 Å². The summed E-state index contributed by atoms with van der Waals surface area (Å²) in [5, 5.41) is 44.7. The number of halogens is 2. The largest absolute Gasteiger partial charge is 0.489 e. The van der Waals surface area contributed by atoms with E-state index in [1.165, 1.54) is 17.5 Å². The van der Waals surface area contributed by atoms with E-state index in [1.54, 1.807) is 72.3 Å². The number of hydrogen-bond donors (Lipinski definition) is 3. The van der Waals surface area contributed by atoms with Gasteiger partial charge in [0, 0.05) is 98.2 Å². The number of fused-ring (bicyclic) bond motifs is 4. The average Bonchev–Trinajstić information content (AvgIpc) is 2.39. The number of hydrogen-bond acceptors (Lipinski definition) is 14. The second kappa shape index (κ2) is 28.4. The quantitative estimate of drug-likeness (QED) is 0.0411. The molecule has 1 aliphatic heterocycles. The molecule has 0 spiro atoms. The highest BCUT2D eigenvalue weighted by Gasteiger charge is 2.31. The van der Waals surface area contributed by atoms with Gasteiger partial charge in [-0.1, -0.05) is 63.9 Å². The Labute approximate surface area is 511 Å². The van der Waals surface area contributed by atoms with Crippen LogP contribution in [-0.2, 0) is 19.1 Å². The third-order valence-corrected chi connectivity index (χ3v) is 15.1. The summed E-state index contributed by atoms with van der Waals surface area (Å²) in [6.45, 7) is 20.4. The highest BCUT2D eigenvalue weighted by molar-refractivity contribution is 9.10. The molecule has 1 saturated heterocycles. The van der Waals surface area contributed by atoms with Crippen molar-refractivity contribution in [2.45, 2.75) is 130 Å². The average molecular weight is 1260 g/mol. The summed E-state index contributed by atoms with van der Waals surface area (Å²) in [5.41, 5.74) is 4.31. The van der Waals surface area contributed by atoms with Crippen molar-refractivity contribution < 1.29 is 48.5 Å². The molecular formula is C64H72BrClN10O10. The van der Waals surface area contributed by atoms with Crippen LogP contribution in [0.4, 0.5) is 0 Å². The summed E-state index contributed by atoms with van der Waals surface area (Å²) in [4.78, 5) is 73.5. The second-order valence-electron chi connectivity index (χ2n) is 22.4. The van der Waals surface area contributed by atoms with Crippen molar-refractivity contribution in [1.82, 2.24) is 49.3 Å². The number of aliphatic hydroxyl groups is 1. The number of benzene rings is 5. The number of nitrogens with zero attached hydrogens (tertiary/aromatic N) is 9. The number of Topliss-reactive ketones (excluding diaryl/α,β-unsaturated/α-hetero) is 3. The Hall–Kier alpha value is -8.11. The molecule has 5 heterocycles. The van der Waals surface area contributed by atoms with Crippen molar-refractivity contribution in [1.29, 1.82) is 0 Å². The van der Waals surface area contributed by atoms with Gasteiger partial charge in [0.15, 0.2) is 0 Å². The van der Waals surface area contributed by atoms with Gasteiger partial charge in [-0.05, 0) is 161 Å². The molecule has 2 atom stereocenters. The van der Waals surface area contributed by atoms with Crippen LogP contribution in [0.5, 0.6) is 5.75 Å². The molecular weight excluding hydrogens is 1180 g/mol. The van der Waals surface area contributed by atoms with Crippen molar-refractivity contribution >= 4 is 106 Å². The molecule has 4 aromatic heterocycles. The number of nitrogens with one attached hydrogen (secondary N) is 1. The van der Waals surface area contributed by atoms with E-state index in [1.807, 2.05) is 86.3 Å². The third kappa shape index (κ3) is 16.2. The van der Waals surface area contributed by atoms with Gasteiger partial charge in [0.1, 0.15) is 11.9 Å². The minimum atomic E-state index is -1.45. The molecule has 86 heavy (non-hydrogen) atoms. The van der Waals surface area contributed by atoms with Gasteiger partial charge in [0.2, 0.25) is 5.78 Å². The third-order valence-electron chi connectivity index (χ3n) is 14.3. The molecule has 9 aromatic rings. The van der Waals surface area contributed by atoms with E-state index in [-0.39, 0.29) is 42.0 Å². The summed E-state index contributed by atoms with van der Waals surface area (Å²) in [5.74, 6) is -4.66. The number of aliphatic carboxylic acids is 1. The summed E-state index contributed by atoms with van der Waals surface area (Å²) < 4.78 is 19.0. The number of ketones is 3. The summed E-state index contributed by atoms with van der Waals surface area (Å²) >= 11 is 9.86. The van der Waals surface area contributed by atoms with Gasteiger partial charge in [-0.2, -0.15) is 20.4 Å². The number of carboxylic acids is 1. The smallest absolute Gasteiger partial charge is 0.379 e. The van der Waals surface area contributed by atoms with E-state index >= 15 is 0 Å². The number of ether oxygens (including phenoxy) is 2. The fourth-order valence-electron chi connectivity index (χ4n) is 9.26. The van der Waals surface area contributed by atoms with Crippen LogP contribution in [0.25, 0.3) is 43.6 Å². The fraction of sp³-hybridized carbons (Fsp3) is 0.375. The monoisotopic (exact) mass is 1250 g/mol. The number of amides is 1. The van der Waals surface area contributed by atoms with Gasteiger partial charge in [-0.3, -0.25) is 37.9 Å². The molecule has 452 valence electrons. The molecule has 0 bridgehead atoms. The Kier molecular flexibility index (Phi) is 21.1. The SMILES string of the molecule is CC(C)n1cc2ccc(Br)cc2n1.CC(C)n1cc2ccc(C(=O)C(=O)N[C@H](CN3CCCC3)[C@H](O)c3ccc(OC4CC4)c(Cl)c3)cc2n1.CC(C)n1cc2ccc(C(=O)C(=O)O)cc2n1.CCOC(=O)C(=O)c1ccc2cn(C(C)C)nc2c1. The van der Waals surface area contributed by atoms with Crippen molar-refractivity contribution in [3.63, 3.8) is 0 Å². The second-order valence-corrected chi connectivity index (χ2v) is 23.7. The maximum Gasteiger partial charge on any atom is 0.379 e. The lowest BCUT2D eigenvalue weighted by Crippen LogP contribution is -2.48. The van der Waals surface area contributed by atoms with Crippen LogP contribution < -0.4 is 10.1 Å². The predicted molar refractivity (Wildman–Crippen MR) is 333 cm³/mol. The predicted octanol–water partition coefficient (Wildman–Crippen LogP) is 11.9. The van der Waals surface area contributed by atoms with Crippen LogP contribution in [0, 0.1) is 0 Å². The number of carbonyl (C=O) groups is 6. The first-order valence-electron chi connectivity index (χ1n) is 28.8. The van der Waals surface area contributed by atoms with Crippen LogP contribution in [0.15, 0.2) is 120 Å². The zero-order valence-electron chi connectivity index (χ0n) is 49.6. The zero-order chi connectivity index (χ0) is 62.1. The molecule has 11 rings (SSSR count). The number of aliphatic hydroxyl groups excluding tert-OH is 1. The molecule has 3 N–H and O–H groups in total. The molecule has 1 amide bonds. The van der Waals surface area contributed by atoms with Gasteiger partial charge in [-0.15, -0.1) is 0 Å². The highest BCUT2D eigenvalue weighted by atomic mass is 79.9. The lowest BCUT2D eigenvalue weighted by Gasteiger charge is -2.28. The number of carbonyl (C=O) groups excluding carboxylic acids is 5. The number of aromatic nitrogens is 8. The van der Waals surface area contributed by atoms with E-state index in [2.05, 4.69) is 72.7 Å². The Balaban J connectivity index is 0.000000164. The van der Waals surface area contributed by atoms with E-state index in [4.69, 9.17) is 26.2 Å². The molecule has 0 radical (unpaired) electrons. The molecule has 20 nitrogen and oxygen atoms in total. The zero-order valence-corrected chi connectivity index (χ0v) is 52.0. The lowest BCUT2D eigenvalue weighted by atomic mass is 10.0. The normalized spacial score (nSPS) is 14.0. The van der Waals surface area contributed by atoms with Crippen LogP contribution in [0.3, 0.4) is 0 Å². The standard InChI is InChI=1S/C28H33ClN4O4.C14H16N2O3.C12H12N2O3.C10H11BrN2/c1-17(2)33-15-20-6-5-19(14-23(20)31-33)27(35)28(36)30-24(16-32-11-3-4-12-32)26(34)18-7-10-25(22(29)13-18)37-21-8-9-21;1-4-19-14(18)13(17)10-5-6-11-8-16(9(2)3)15-12(11)7-10;1-7(2)14-6-9-4-3-8(5-10(9)13-14)11(15)12(16)17;1-7(2)13-6-8-3-4-9(11)5-10(8)12-13/h5-7,10,13-15,17,21,24,26,34H,3-4,8-9,11-12,16H2,1-2H3,(H,30,36);5-9H,4H2,1-3H3;3-7H,1-2H3,(H,16,17);3-7H,1-2H3/t24-,26-;;;/m1.../s1. The summed E-state index contributed by atoms with van der Waals surface area (Å²) in [7, 11) is 0. The maximum absolute atomic E-state index is 13.1. The fourth-order valence-corrected chi connectivity index (χ4v) is 9.84. The van der Waals surface area contributed by atoms with Crippen LogP contribution in [0.1, 0.15) is 155 Å². The molecule has 2 fully saturated rings. The molecule has 5 aromatic carbocycles. The molecule has 2 aliphatic rings. The van der Waals surface area contributed by atoms with Crippen LogP contribution in [-0.4, -0.2) is 128 Å². The minimum absolute atomic E-state index is 0.152. The van der Waals surface area contributed by atoms with Gasteiger partial charge < -0.3 is 29.9 Å². The van der Waals surface area contributed by atoms with Gasteiger partial charge in [-0.25, -0.2) is 9.59 Å². The van der Waals surface area contributed by atoms with Gasteiger partial charge >= 0.3 is 11.9 Å². The Morgan fingerprint density at radius 2 is 1.03 bits per heavy atom. The number of rotatable bonds is 18. The molecule has 0 unspecified atom stereocenters.